The Bertz CT molecular complexity index is 1150. The molecule has 0 saturated heterocycles. The molecule has 0 unspecified atom stereocenters. The minimum absolute atomic E-state index is 0.667. The second-order valence-corrected chi connectivity index (χ2v) is 7.54. The molecule has 122 valence electrons. The van der Waals surface area contributed by atoms with Gasteiger partial charge in [0.2, 0.25) is 10.8 Å². The molecule has 0 spiro atoms. The molecular formula is C17H12N6S2. The molecule has 0 atom stereocenters. The van der Waals surface area contributed by atoms with Crippen molar-refractivity contribution in [1.82, 2.24) is 30.0 Å². The molecule has 0 bridgehead atoms. The highest BCUT2D eigenvalue weighted by molar-refractivity contribution is 7.23. The second-order valence-electron chi connectivity index (χ2n) is 5.64. The molecule has 25 heavy (non-hydrogen) atoms. The predicted molar refractivity (Wildman–Crippen MR) is 99.7 cm³/mol. The van der Waals surface area contributed by atoms with Crippen molar-refractivity contribution in [2.75, 3.05) is 0 Å². The fraction of sp³-hybridized carbons (Fsp3) is 0.0588. The summed E-state index contributed by atoms with van der Waals surface area (Å²) < 4.78 is 1.77. The van der Waals surface area contributed by atoms with Crippen LogP contribution in [0.25, 0.3) is 37.6 Å². The van der Waals surface area contributed by atoms with Crippen LogP contribution in [0.2, 0.25) is 0 Å². The van der Waals surface area contributed by atoms with E-state index in [-0.39, 0.29) is 0 Å². The van der Waals surface area contributed by atoms with Crippen LogP contribution in [0.5, 0.6) is 0 Å². The van der Waals surface area contributed by atoms with Crippen LogP contribution in [0.15, 0.2) is 47.8 Å². The first kappa shape index (κ1) is 14.5. The topological polar surface area (TPSA) is 71.8 Å². The van der Waals surface area contributed by atoms with Crippen LogP contribution in [-0.4, -0.2) is 30.0 Å². The van der Waals surface area contributed by atoms with Crippen molar-refractivity contribution in [3.05, 3.63) is 53.4 Å². The third-order valence-electron chi connectivity index (χ3n) is 3.89. The van der Waals surface area contributed by atoms with E-state index >= 15 is 0 Å². The van der Waals surface area contributed by atoms with Crippen molar-refractivity contribution in [1.29, 1.82) is 0 Å². The molecule has 0 aliphatic carbocycles. The summed E-state index contributed by atoms with van der Waals surface area (Å²) in [6, 6.07) is 14.3. The maximum absolute atomic E-state index is 4.66. The van der Waals surface area contributed by atoms with Gasteiger partial charge in [-0.2, -0.15) is 14.7 Å². The first-order chi connectivity index (χ1) is 12.3. The molecule has 0 saturated carbocycles. The minimum Gasteiger partial charge on any atom is -0.274 e. The normalized spacial score (nSPS) is 11.4. The number of fused-ring (bicyclic) bond motifs is 1. The molecule has 4 heterocycles. The average Bonchev–Trinajstić information content (AvgIpc) is 3.38. The zero-order valence-electron chi connectivity index (χ0n) is 13.2. The van der Waals surface area contributed by atoms with Crippen molar-refractivity contribution in [2.45, 2.75) is 6.92 Å². The quantitative estimate of drug-likeness (QED) is 0.519. The average molecular weight is 364 g/mol. The van der Waals surface area contributed by atoms with Crippen molar-refractivity contribution in [3.8, 4) is 32.7 Å². The highest BCUT2D eigenvalue weighted by Gasteiger charge is 2.17. The number of H-pyrrole nitrogens is 1. The third-order valence-corrected chi connectivity index (χ3v) is 5.83. The van der Waals surface area contributed by atoms with E-state index in [1.54, 1.807) is 15.9 Å². The Balaban J connectivity index is 1.56. The fourth-order valence-corrected chi connectivity index (χ4v) is 4.22. The molecule has 6 nitrogen and oxygen atoms in total. The van der Waals surface area contributed by atoms with E-state index in [0.717, 1.165) is 31.8 Å². The van der Waals surface area contributed by atoms with Crippen molar-refractivity contribution >= 4 is 27.6 Å². The van der Waals surface area contributed by atoms with E-state index in [4.69, 9.17) is 0 Å². The molecule has 5 aromatic rings. The molecule has 0 aliphatic rings. The highest BCUT2D eigenvalue weighted by Crippen LogP contribution is 2.31. The Kier molecular flexibility index (Phi) is 3.25. The van der Waals surface area contributed by atoms with E-state index in [1.807, 2.05) is 17.5 Å². The van der Waals surface area contributed by atoms with Crippen LogP contribution in [0.1, 0.15) is 5.56 Å². The first-order valence-corrected chi connectivity index (χ1v) is 9.36. The molecule has 0 fully saturated rings. The lowest BCUT2D eigenvalue weighted by molar-refractivity contribution is 0.956. The minimum atomic E-state index is 0.667. The summed E-state index contributed by atoms with van der Waals surface area (Å²) in [5.74, 6) is 0.667. The van der Waals surface area contributed by atoms with Crippen LogP contribution >= 0.6 is 22.7 Å². The van der Waals surface area contributed by atoms with Crippen molar-refractivity contribution in [3.63, 3.8) is 0 Å². The third kappa shape index (κ3) is 2.46. The Labute approximate surface area is 150 Å². The predicted octanol–water partition coefficient (Wildman–Crippen LogP) is 4.28. The van der Waals surface area contributed by atoms with Gasteiger partial charge < -0.3 is 0 Å². The van der Waals surface area contributed by atoms with E-state index in [0.29, 0.717) is 5.82 Å². The maximum Gasteiger partial charge on any atom is 0.235 e. The molecule has 0 amide bonds. The Hall–Kier alpha value is -2.84. The number of aromatic nitrogens is 6. The number of benzene rings is 1. The first-order valence-electron chi connectivity index (χ1n) is 7.67. The van der Waals surface area contributed by atoms with Crippen molar-refractivity contribution in [2.24, 2.45) is 0 Å². The van der Waals surface area contributed by atoms with Gasteiger partial charge in [-0.3, -0.25) is 5.10 Å². The number of nitrogens with one attached hydrogen (secondary N) is 1. The monoisotopic (exact) mass is 364 g/mol. The number of thiophene rings is 1. The van der Waals surface area contributed by atoms with Gasteiger partial charge in [0.15, 0.2) is 5.01 Å². The standard InChI is InChI=1S/C17H12N6S2/c1-10-4-6-11(7-5-10)12-9-13(19-18-12)15-20-21-17-23(15)22-16(25-17)14-3-2-8-24-14/h2-9H,1H3,(H,18,19). The summed E-state index contributed by atoms with van der Waals surface area (Å²) in [7, 11) is 0. The SMILES string of the molecule is Cc1ccc(-c2cc(-c3nnc4sc(-c5cccs5)nn34)[nH]n2)cc1. The lowest BCUT2D eigenvalue weighted by atomic mass is 10.1. The van der Waals surface area contributed by atoms with Gasteiger partial charge in [0.25, 0.3) is 0 Å². The summed E-state index contributed by atoms with van der Waals surface area (Å²) in [6.07, 6.45) is 0. The molecule has 1 N–H and O–H groups in total. The zero-order valence-corrected chi connectivity index (χ0v) is 14.8. The summed E-state index contributed by atoms with van der Waals surface area (Å²) in [6.45, 7) is 2.07. The highest BCUT2D eigenvalue weighted by atomic mass is 32.1. The van der Waals surface area contributed by atoms with Gasteiger partial charge in [-0.15, -0.1) is 21.5 Å². The van der Waals surface area contributed by atoms with Gasteiger partial charge in [-0.25, -0.2) is 0 Å². The summed E-state index contributed by atoms with van der Waals surface area (Å²) in [5, 5.41) is 23.6. The number of hydrogen-bond donors (Lipinski definition) is 1. The smallest absolute Gasteiger partial charge is 0.235 e. The van der Waals surface area contributed by atoms with Gasteiger partial charge in [0.1, 0.15) is 5.69 Å². The number of nitrogens with zero attached hydrogens (tertiary/aromatic N) is 5. The molecule has 5 rings (SSSR count). The lowest BCUT2D eigenvalue weighted by Gasteiger charge is -1.96. The molecule has 0 radical (unpaired) electrons. The summed E-state index contributed by atoms with van der Waals surface area (Å²) in [5.41, 5.74) is 3.96. The van der Waals surface area contributed by atoms with Crippen LogP contribution in [0, 0.1) is 6.92 Å². The number of aromatic amines is 1. The Morgan fingerprint density at radius 1 is 1.08 bits per heavy atom. The van der Waals surface area contributed by atoms with E-state index in [1.165, 1.54) is 16.9 Å². The van der Waals surface area contributed by atoms with Crippen LogP contribution in [0.3, 0.4) is 0 Å². The van der Waals surface area contributed by atoms with Gasteiger partial charge >= 0.3 is 0 Å². The van der Waals surface area contributed by atoms with E-state index < -0.39 is 0 Å². The van der Waals surface area contributed by atoms with E-state index in [9.17, 15) is 0 Å². The Morgan fingerprint density at radius 3 is 2.76 bits per heavy atom. The van der Waals surface area contributed by atoms with Crippen LogP contribution in [0.4, 0.5) is 0 Å². The fourth-order valence-electron chi connectivity index (χ4n) is 2.59. The zero-order chi connectivity index (χ0) is 16.8. The summed E-state index contributed by atoms with van der Waals surface area (Å²) in [4.78, 5) is 1.90. The maximum atomic E-state index is 4.66. The molecule has 0 aliphatic heterocycles. The number of rotatable bonds is 3. The Morgan fingerprint density at radius 2 is 1.96 bits per heavy atom. The lowest BCUT2D eigenvalue weighted by Crippen LogP contribution is -1.90. The van der Waals surface area contributed by atoms with Crippen LogP contribution in [-0.2, 0) is 0 Å². The van der Waals surface area contributed by atoms with Gasteiger partial charge in [-0.05, 0) is 24.4 Å². The largest absolute Gasteiger partial charge is 0.274 e. The van der Waals surface area contributed by atoms with Crippen LogP contribution < -0.4 is 0 Å². The number of hydrogen-bond acceptors (Lipinski definition) is 6. The summed E-state index contributed by atoms with van der Waals surface area (Å²) >= 11 is 3.19. The molecular weight excluding hydrogens is 352 g/mol. The molecule has 8 heteroatoms. The van der Waals surface area contributed by atoms with Crippen molar-refractivity contribution < 1.29 is 0 Å². The molecule has 1 aromatic carbocycles. The van der Waals surface area contributed by atoms with Gasteiger partial charge in [0, 0.05) is 5.56 Å². The second kappa shape index (κ2) is 5.61. The van der Waals surface area contributed by atoms with Gasteiger partial charge in [-0.1, -0.05) is 47.2 Å². The molecule has 4 aromatic heterocycles. The van der Waals surface area contributed by atoms with Gasteiger partial charge in [0.05, 0.1) is 10.6 Å². The van der Waals surface area contributed by atoms with E-state index in [2.05, 4.69) is 62.7 Å². The number of aryl methyl sites for hydroxylation is 1.